The summed E-state index contributed by atoms with van der Waals surface area (Å²) >= 11 is 0. The van der Waals surface area contributed by atoms with Gasteiger partial charge in [0.1, 0.15) is 11.5 Å². The van der Waals surface area contributed by atoms with Crippen molar-refractivity contribution in [3.05, 3.63) is 72.6 Å². The zero-order valence-electron chi connectivity index (χ0n) is 14.8. The molecule has 8 nitrogen and oxygen atoms in total. The second-order valence-electron chi connectivity index (χ2n) is 5.67. The van der Waals surface area contributed by atoms with Crippen LogP contribution in [0.2, 0.25) is 0 Å². The van der Waals surface area contributed by atoms with Crippen molar-refractivity contribution >= 4 is 27.3 Å². The van der Waals surface area contributed by atoms with Gasteiger partial charge in [0, 0.05) is 18.0 Å². The van der Waals surface area contributed by atoms with Crippen LogP contribution in [0.25, 0.3) is 0 Å². The predicted octanol–water partition coefficient (Wildman–Crippen LogP) is 2.85. The maximum atomic E-state index is 12.7. The molecule has 0 spiro atoms. The largest absolute Gasteiger partial charge is 0.506 e. The van der Waals surface area contributed by atoms with Crippen molar-refractivity contribution in [2.75, 3.05) is 17.1 Å². The van der Waals surface area contributed by atoms with Crippen LogP contribution in [-0.4, -0.2) is 31.5 Å². The molecule has 1 heterocycles. The number of sulfonamides is 1. The first kappa shape index (κ1) is 19.2. The molecule has 0 fully saturated rings. The van der Waals surface area contributed by atoms with Crippen LogP contribution in [0.5, 0.6) is 11.5 Å². The van der Waals surface area contributed by atoms with Crippen molar-refractivity contribution in [3.8, 4) is 11.5 Å². The first-order valence-corrected chi connectivity index (χ1v) is 9.59. The van der Waals surface area contributed by atoms with Gasteiger partial charge in [0.05, 0.1) is 23.4 Å². The van der Waals surface area contributed by atoms with Gasteiger partial charge in [0.2, 0.25) is 0 Å². The van der Waals surface area contributed by atoms with E-state index in [1.807, 2.05) is 0 Å². The summed E-state index contributed by atoms with van der Waals surface area (Å²) in [5.41, 5.74) is 0.542. The van der Waals surface area contributed by atoms with Crippen LogP contribution in [0, 0.1) is 0 Å². The number of carbonyl (C=O) groups is 1. The fourth-order valence-corrected chi connectivity index (χ4v) is 3.51. The third-order valence-electron chi connectivity index (χ3n) is 3.82. The average molecular weight is 399 g/mol. The third-order valence-corrected chi connectivity index (χ3v) is 5.18. The zero-order chi connectivity index (χ0) is 20.1. The molecular weight excluding hydrogens is 382 g/mol. The Morgan fingerprint density at radius 3 is 2.46 bits per heavy atom. The number of carbonyl (C=O) groups excluding carboxylic acids is 1. The Balaban J connectivity index is 1.88. The minimum atomic E-state index is -3.99. The lowest BCUT2D eigenvalue weighted by atomic mass is 10.2. The van der Waals surface area contributed by atoms with Gasteiger partial charge in [-0.15, -0.1) is 0 Å². The van der Waals surface area contributed by atoms with Gasteiger partial charge in [0.15, 0.2) is 0 Å². The number of ether oxygens (including phenoxy) is 1. The minimum absolute atomic E-state index is 0.0373. The highest BCUT2D eigenvalue weighted by atomic mass is 32.2. The molecule has 144 valence electrons. The quantitative estimate of drug-likeness (QED) is 0.549. The number of nitrogens with zero attached hydrogens (tertiary/aromatic N) is 1. The molecule has 3 N–H and O–H groups in total. The molecular formula is C19H17N3O5S. The van der Waals surface area contributed by atoms with Gasteiger partial charge in [-0.2, -0.15) is 0 Å². The Kier molecular flexibility index (Phi) is 5.46. The van der Waals surface area contributed by atoms with Crippen LogP contribution < -0.4 is 14.8 Å². The number of phenols is 1. The van der Waals surface area contributed by atoms with E-state index in [0.29, 0.717) is 11.3 Å². The average Bonchev–Trinajstić information content (AvgIpc) is 2.70. The highest BCUT2D eigenvalue weighted by Gasteiger charge is 2.19. The summed E-state index contributed by atoms with van der Waals surface area (Å²) in [4.78, 5) is 16.0. The topological polar surface area (TPSA) is 118 Å². The number of phenolic OH excluding ortho intramolecular Hbond substituents is 1. The van der Waals surface area contributed by atoms with Gasteiger partial charge in [-0.1, -0.05) is 12.1 Å². The lowest BCUT2D eigenvalue weighted by Crippen LogP contribution is -2.15. The second-order valence-corrected chi connectivity index (χ2v) is 7.36. The van der Waals surface area contributed by atoms with E-state index in [9.17, 15) is 18.3 Å². The van der Waals surface area contributed by atoms with Crippen LogP contribution in [0.15, 0.2) is 71.9 Å². The van der Waals surface area contributed by atoms with Crippen LogP contribution in [0.4, 0.5) is 11.4 Å². The predicted molar refractivity (Wildman–Crippen MR) is 104 cm³/mol. The second kappa shape index (κ2) is 7.97. The SMILES string of the molecule is COc1ccccc1NS(=O)(=O)c1ccc(O)c(NC(=O)c2ccncc2)c1. The number of aromatic hydroxyl groups is 1. The maximum Gasteiger partial charge on any atom is 0.262 e. The summed E-state index contributed by atoms with van der Waals surface area (Å²) in [6.07, 6.45) is 2.90. The van der Waals surface area contributed by atoms with E-state index < -0.39 is 15.9 Å². The molecule has 9 heteroatoms. The van der Waals surface area contributed by atoms with Crippen LogP contribution in [0.3, 0.4) is 0 Å². The van der Waals surface area contributed by atoms with Crippen molar-refractivity contribution < 1.29 is 23.1 Å². The molecule has 0 bridgehead atoms. The van der Waals surface area contributed by atoms with Crippen molar-refractivity contribution in [1.29, 1.82) is 0 Å². The Morgan fingerprint density at radius 1 is 1.04 bits per heavy atom. The smallest absolute Gasteiger partial charge is 0.262 e. The highest BCUT2D eigenvalue weighted by Crippen LogP contribution is 2.30. The number of nitrogens with one attached hydrogen (secondary N) is 2. The van der Waals surface area contributed by atoms with Crippen molar-refractivity contribution in [1.82, 2.24) is 4.98 Å². The molecule has 1 amide bonds. The van der Waals surface area contributed by atoms with Gasteiger partial charge >= 0.3 is 0 Å². The van der Waals surface area contributed by atoms with Gasteiger partial charge in [0.25, 0.3) is 15.9 Å². The standard InChI is InChI=1S/C19H17N3O5S/c1-27-18-5-3-2-4-15(18)22-28(25,26)14-6-7-17(23)16(12-14)21-19(24)13-8-10-20-11-9-13/h2-12,22-23H,1H3,(H,21,24). The molecule has 3 rings (SSSR count). The number of para-hydroxylation sites is 2. The van der Waals surface area contributed by atoms with Crippen LogP contribution in [-0.2, 0) is 10.0 Å². The molecule has 0 aliphatic carbocycles. The Bertz CT molecular complexity index is 1100. The molecule has 0 saturated heterocycles. The fraction of sp³-hybridized carbons (Fsp3) is 0.0526. The van der Waals surface area contributed by atoms with Crippen molar-refractivity contribution in [3.63, 3.8) is 0 Å². The minimum Gasteiger partial charge on any atom is -0.506 e. The Labute approximate surface area is 161 Å². The van der Waals surface area contributed by atoms with Gasteiger partial charge in [-0.3, -0.25) is 14.5 Å². The third kappa shape index (κ3) is 4.21. The maximum absolute atomic E-state index is 12.7. The number of hydrogen-bond donors (Lipinski definition) is 3. The summed E-state index contributed by atoms with van der Waals surface area (Å²) in [5.74, 6) is -0.417. The number of rotatable bonds is 6. The molecule has 0 radical (unpaired) electrons. The number of anilines is 2. The molecule has 0 saturated carbocycles. The summed E-state index contributed by atoms with van der Waals surface area (Å²) in [7, 11) is -2.56. The van der Waals surface area contributed by atoms with E-state index in [4.69, 9.17) is 4.74 Å². The molecule has 0 aliphatic rings. The lowest BCUT2D eigenvalue weighted by molar-refractivity contribution is 0.102. The number of hydrogen-bond acceptors (Lipinski definition) is 6. The number of benzene rings is 2. The number of amides is 1. The van der Waals surface area contributed by atoms with E-state index in [1.165, 1.54) is 49.8 Å². The molecule has 0 atom stereocenters. The lowest BCUT2D eigenvalue weighted by Gasteiger charge is -2.13. The van der Waals surface area contributed by atoms with Gasteiger partial charge in [-0.05, 0) is 42.5 Å². The van der Waals surface area contributed by atoms with Crippen molar-refractivity contribution in [2.24, 2.45) is 0 Å². The van der Waals surface area contributed by atoms with Gasteiger partial charge in [-0.25, -0.2) is 8.42 Å². The molecule has 2 aromatic carbocycles. The normalized spacial score (nSPS) is 10.9. The van der Waals surface area contributed by atoms with E-state index >= 15 is 0 Å². The number of aromatic nitrogens is 1. The zero-order valence-corrected chi connectivity index (χ0v) is 15.6. The van der Waals surface area contributed by atoms with Crippen LogP contribution in [0.1, 0.15) is 10.4 Å². The van der Waals surface area contributed by atoms with E-state index in [0.717, 1.165) is 0 Å². The van der Waals surface area contributed by atoms with Gasteiger partial charge < -0.3 is 15.2 Å². The molecule has 1 aromatic heterocycles. The number of pyridine rings is 1. The molecule has 0 unspecified atom stereocenters. The Hall–Kier alpha value is -3.59. The molecule has 0 aliphatic heterocycles. The molecule has 3 aromatic rings. The summed E-state index contributed by atoms with van der Waals surface area (Å²) in [6, 6.07) is 13.1. The first-order chi connectivity index (χ1) is 13.4. The fourth-order valence-electron chi connectivity index (χ4n) is 2.41. The number of methoxy groups -OCH3 is 1. The summed E-state index contributed by atoms with van der Waals surface area (Å²) in [5, 5.41) is 12.5. The Morgan fingerprint density at radius 2 is 1.75 bits per heavy atom. The van der Waals surface area contributed by atoms with Crippen molar-refractivity contribution in [2.45, 2.75) is 4.90 Å². The van der Waals surface area contributed by atoms with E-state index in [-0.39, 0.29) is 22.0 Å². The highest BCUT2D eigenvalue weighted by molar-refractivity contribution is 7.92. The first-order valence-electron chi connectivity index (χ1n) is 8.11. The molecule has 28 heavy (non-hydrogen) atoms. The monoisotopic (exact) mass is 399 g/mol. The van der Waals surface area contributed by atoms with E-state index in [1.54, 1.807) is 24.3 Å². The summed E-state index contributed by atoms with van der Waals surface area (Å²) < 4.78 is 33.0. The van der Waals surface area contributed by atoms with Crippen LogP contribution >= 0.6 is 0 Å². The summed E-state index contributed by atoms with van der Waals surface area (Å²) in [6.45, 7) is 0. The van der Waals surface area contributed by atoms with E-state index in [2.05, 4.69) is 15.0 Å².